The number of hydrogen-bond donors (Lipinski definition) is 1. The average Bonchev–Trinajstić information content (AvgIpc) is 2.62. The van der Waals surface area contributed by atoms with Crippen LogP contribution in [-0.2, 0) is 4.79 Å². The summed E-state index contributed by atoms with van der Waals surface area (Å²) < 4.78 is 11.3. The summed E-state index contributed by atoms with van der Waals surface area (Å²) >= 11 is 5.77. The normalized spacial score (nSPS) is 12.0. The molecule has 1 heterocycles. The Morgan fingerprint density at radius 3 is 2.58 bits per heavy atom. The van der Waals surface area contributed by atoms with Gasteiger partial charge in [-0.05, 0) is 50.2 Å². The maximum atomic E-state index is 12.4. The minimum absolute atomic E-state index is 0.154. The average molecular weight is 372 g/mol. The molecule has 134 valence electrons. The molecule has 0 aliphatic heterocycles. The molecule has 1 N–H and O–H groups in total. The van der Waals surface area contributed by atoms with Gasteiger partial charge in [-0.1, -0.05) is 0 Å². The fourth-order valence-electron chi connectivity index (χ4n) is 2.50. The molecule has 0 saturated carbocycles. The number of alkyl halides is 1. The van der Waals surface area contributed by atoms with Gasteiger partial charge in [-0.2, -0.15) is 0 Å². The number of carbonyl (C=O) groups is 1. The van der Waals surface area contributed by atoms with Crippen LogP contribution >= 0.6 is 11.6 Å². The summed E-state index contributed by atoms with van der Waals surface area (Å²) in [4.78, 5) is 24.1. The Morgan fingerprint density at radius 2 is 1.92 bits per heavy atom. The summed E-state index contributed by atoms with van der Waals surface area (Å²) in [5, 5.41) is 2.47. The van der Waals surface area contributed by atoms with E-state index in [9.17, 15) is 9.59 Å². The van der Waals surface area contributed by atoms with Crippen molar-refractivity contribution in [2.75, 3.05) is 11.9 Å². The van der Waals surface area contributed by atoms with E-state index in [4.69, 9.17) is 20.8 Å². The highest BCUT2D eigenvalue weighted by Gasteiger charge is 2.12. The standard InChI is InChI=1S/C20H18ClNO4/c1-3-25-15-7-4-13(5-8-15)18-11-17(23)16-9-6-14(10-19(16)26-18)22-20(24)12(2)21/h4-12H,3H2,1-2H3,(H,22,24). The quantitative estimate of drug-likeness (QED) is 0.674. The lowest BCUT2D eigenvalue weighted by atomic mass is 10.1. The molecule has 1 unspecified atom stereocenters. The lowest BCUT2D eigenvalue weighted by molar-refractivity contribution is -0.115. The van der Waals surface area contributed by atoms with Gasteiger partial charge in [0.2, 0.25) is 5.91 Å². The molecule has 0 fully saturated rings. The van der Waals surface area contributed by atoms with E-state index in [-0.39, 0.29) is 11.3 Å². The molecule has 5 nitrogen and oxygen atoms in total. The Hall–Kier alpha value is -2.79. The van der Waals surface area contributed by atoms with E-state index in [1.165, 1.54) is 6.07 Å². The molecule has 0 aliphatic carbocycles. The molecule has 0 bridgehead atoms. The molecule has 26 heavy (non-hydrogen) atoms. The zero-order chi connectivity index (χ0) is 18.7. The van der Waals surface area contributed by atoms with Gasteiger partial charge in [-0.15, -0.1) is 11.6 Å². The summed E-state index contributed by atoms with van der Waals surface area (Å²) in [5.41, 5.74) is 1.51. The SMILES string of the molecule is CCOc1ccc(-c2cc(=O)c3ccc(NC(=O)C(C)Cl)cc3o2)cc1. The zero-order valence-corrected chi connectivity index (χ0v) is 15.2. The van der Waals surface area contributed by atoms with Crippen LogP contribution in [0.5, 0.6) is 5.75 Å². The number of ether oxygens (including phenoxy) is 1. The molecule has 6 heteroatoms. The van der Waals surface area contributed by atoms with Crippen molar-refractivity contribution in [1.82, 2.24) is 0 Å². The first kappa shape index (κ1) is 18.0. The van der Waals surface area contributed by atoms with E-state index in [1.54, 1.807) is 25.1 Å². The highest BCUT2D eigenvalue weighted by molar-refractivity contribution is 6.32. The Bertz CT molecular complexity index is 993. The van der Waals surface area contributed by atoms with E-state index in [0.717, 1.165) is 11.3 Å². The molecule has 1 atom stereocenters. The molecule has 3 rings (SSSR count). The first-order valence-electron chi connectivity index (χ1n) is 8.24. The predicted molar refractivity (Wildman–Crippen MR) is 103 cm³/mol. The number of rotatable bonds is 5. The molecule has 3 aromatic rings. The third kappa shape index (κ3) is 3.89. The summed E-state index contributed by atoms with van der Waals surface area (Å²) in [6.45, 7) is 4.08. The maximum Gasteiger partial charge on any atom is 0.242 e. The van der Waals surface area contributed by atoms with Gasteiger partial charge in [-0.3, -0.25) is 9.59 Å². The largest absolute Gasteiger partial charge is 0.494 e. The molecule has 2 aromatic carbocycles. The highest BCUT2D eigenvalue weighted by Crippen LogP contribution is 2.26. The van der Waals surface area contributed by atoms with Crippen LogP contribution in [0.2, 0.25) is 0 Å². The van der Waals surface area contributed by atoms with Gasteiger partial charge in [-0.25, -0.2) is 0 Å². The van der Waals surface area contributed by atoms with Crippen molar-refractivity contribution in [2.45, 2.75) is 19.2 Å². The third-order valence-electron chi connectivity index (χ3n) is 3.81. The van der Waals surface area contributed by atoms with Crippen LogP contribution in [0.15, 0.2) is 57.7 Å². The Morgan fingerprint density at radius 1 is 1.19 bits per heavy atom. The van der Waals surface area contributed by atoms with Gasteiger partial charge in [0, 0.05) is 23.4 Å². The number of nitrogens with one attached hydrogen (secondary N) is 1. The summed E-state index contributed by atoms with van der Waals surface area (Å²) in [5.74, 6) is 0.871. The van der Waals surface area contributed by atoms with E-state index >= 15 is 0 Å². The summed E-state index contributed by atoms with van der Waals surface area (Å²) in [6, 6.07) is 13.6. The number of amides is 1. The van der Waals surface area contributed by atoms with Crippen LogP contribution in [0.3, 0.4) is 0 Å². The van der Waals surface area contributed by atoms with E-state index in [0.29, 0.717) is 29.0 Å². The lowest BCUT2D eigenvalue weighted by Gasteiger charge is -2.08. The number of hydrogen-bond acceptors (Lipinski definition) is 4. The lowest BCUT2D eigenvalue weighted by Crippen LogP contribution is -2.20. The number of halogens is 1. The van der Waals surface area contributed by atoms with Gasteiger partial charge in [0.1, 0.15) is 22.5 Å². The van der Waals surface area contributed by atoms with Gasteiger partial charge in [0.05, 0.1) is 12.0 Å². The summed E-state index contributed by atoms with van der Waals surface area (Å²) in [6.07, 6.45) is 0. The minimum Gasteiger partial charge on any atom is -0.494 e. The Kier molecular flexibility index (Phi) is 5.28. The number of anilines is 1. The van der Waals surface area contributed by atoms with E-state index in [2.05, 4.69) is 5.32 Å². The van der Waals surface area contributed by atoms with Crippen LogP contribution in [0.1, 0.15) is 13.8 Å². The predicted octanol–water partition coefficient (Wildman–Crippen LogP) is 4.42. The van der Waals surface area contributed by atoms with Crippen molar-refractivity contribution in [3.05, 3.63) is 58.8 Å². The van der Waals surface area contributed by atoms with Crippen LogP contribution in [0.4, 0.5) is 5.69 Å². The fraction of sp³-hybridized carbons (Fsp3) is 0.200. The van der Waals surface area contributed by atoms with E-state index in [1.807, 2.05) is 31.2 Å². The smallest absolute Gasteiger partial charge is 0.242 e. The van der Waals surface area contributed by atoms with Gasteiger partial charge in [0.15, 0.2) is 5.43 Å². The molecule has 0 radical (unpaired) electrons. The van der Waals surface area contributed by atoms with Crippen molar-refractivity contribution in [2.24, 2.45) is 0 Å². The number of fused-ring (bicyclic) bond motifs is 1. The van der Waals surface area contributed by atoms with Crippen molar-refractivity contribution in [3.63, 3.8) is 0 Å². The molecule has 1 amide bonds. The van der Waals surface area contributed by atoms with Crippen LogP contribution < -0.4 is 15.5 Å². The fourth-order valence-corrected chi connectivity index (χ4v) is 2.55. The second kappa shape index (κ2) is 7.62. The molecular formula is C20H18ClNO4. The van der Waals surface area contributed by atoms with Crippen molar-refractivity contribution < 1.29 is 13.9 Å². The first-order valence-corrected chi connectivity index (χ1v) is 8.67. The van der Waals surface area contributed by atoms with Gasteiger partial charge >= 0.3 is 0 Å². The zero-order valence-electron chi connectivity index (χ0n) is 14.4. The molecule has 0 spiro atoms. The molecule has 1 aromatic heterocycles. The van der Waals surface area contributed by atoms with Crippen LogP contribution in [-0.4, -0.2) is 17.9 Å². The molecular weight excluding hydrogens is 354 g/mol. The Labute approximate surface area is 155 Å². The third-order valence-corrected chi connectivity index (χ3v) is 4.01. The number of benzene rings is 2. The molecule has 0 aliphatic rings. The van der Waals surface area contributed by atoms with Crippen molar-refractivity contribution in [3.8, 4) is 17.1 Å². The van der Waals surface area contributed by atoms with Gasteiger partial charge < -0.3 is 14.5 Å². The monoisotopic (exact) mass is 371 g/mol. The van der Waals surface area contributed by atoms with Crippen LogP contribution in [0, 0.1) is 0 Å². The first-order chi connectivity index (χ1) is 12.5. The maximum absolute atomic E-state index is 12.4. The topological polar surface area (TPSA) is 68.5 Å². The minimum atomic E-state index is -0.659. The van der Waals surface area contributed by atoms with E-state index < -0.39 is 5.38 Å². The number of carbonyl (C=O) groups excluding carboxylic acids is 1. The molecule has 0 saturated heterocycles. The highest BCUT2D eigenvalue weighted by atomic mass is 35.5. The van der Waals surface area contributed by atoms with Crippen molar-refractivity contribution in [1.29, 1.82) is 0 Å². The second-order valence-electron chi connectivity index (χ2n) is 5.75. The van der Waals surface area contributed by atoms with Crippen LogP contribution in [0.25, 0.3) is 22.3 Å². The summed E-state index contributed by atoms with van der Waals surface area (Å²) in [7, 11) is 0. The van der Waals surface area contributed by atoms with Crippen molar-refractivity contribution >= 4 is 34.2 Å². The Balaban J connectivity index is 1.99. The van der Waals surface area contributed by atoms with Gasteiger partial charge in [0.25, 0.3) is 0 Å². The second-order valence-corrected chi connectivity index (χ2v) is 6.40.